The van der Waals surface area contributed by atoms with Crippen LogP contribution in [0.2, 0.25) is 0 Å². The van der Waals surface area contributed by atoms with Gasteiger partial charge in [0.2, 0.25) is 5.91 Å². The van der Waals surface area contributed by atoms with E-state index in [0.717, 1.165) is 25.4 Å². The van der Waals surface area contributed by atoms with Gasteiger partial charge in [-0.3, -0.25) is 14.7 Å². The normalized spacial score (nSPS) is 15.9. The Morgan fingerprint density at radius 2 is 1.94 bits per heavy atom. The van der Waals surface area contributed by atoms with Gasteiger partial charge in [0, 0.05) is 19.6 Å². The molecular formula is C24H34FN5O2. The molecule has 0 radical (unpaired) electrons. The van der Waals surface area contributed by atoms with Crippen LogP contribution in [0, 0.1) is 5.82 Å². The van der Waals surface area contributed by atoms with Gasteiger partial charge in [-0.25, -0.2) is 4.39 Å². The predicted octanol–water partition coefficient (Wildman–Crippen LogP) is 2.86. The summed E-state index contributed by atoms with van der Waals surface area (Å²) in [6.45, 7) is 6.46. The average molecular weight is 444 g/mol. The van der Waals surface area contributed by atoms with E-state index >= 15 is 0 Å². The van der Waals surface area contributed by atoms with Crippen molar-refractivity contribution in [1.29, 1.82) is 0 Å². The van der Waals surface area contributed by atoms with E-state index in [0.29, 0.717) is 31.2 Å². The number of halogens is 1. The minimum atomic E-state index is -0.333. The molecule has 0 spiro atoms. The number of rotatable bonds is 10. The highest BCUT2D eigenvalue weighted by Crippen LogP contribution is 2.25. The Hall–Kier alpha value is -2.87. The van der Waals surface area contributed by atoms with E-state index in [4.69, 9.17) is 9.41 Å². The third-order valence-corrected chi connectivity index (χ3v) is 5.46. The van der Waals surface area contributed by atoms with E-state index in [9.17, 15) is 9.18 Å². The summed E-state index contributed by atoms with van der Waals surface area (Å²) >= 11 is 0. The lowest BCUT2D eigenvalue weighted by molar-refractivity contribution is -0.120. The van der Waals surface area contributed by atoms with Crippen LogP contribution in [-0.2, 0) is 11.2 Å². The maximum atomic E-state index is 13.3. The Labute approximate surface area is 189 Å². The summed E-state index contributed by atoms with van der Waals surface area (Å²) in [6.07, 6.45) is 5.56. The Morgan fingerprint density at radius 3 is 2.66 bits per heavy atom. The number of furan rings is 1. The number of nitrogens with one attached hydrogen (secondary N) is 3. The van der Waals surface area contributed by atoms with Crippen LogP contribution in [0.4, 0.5) is 4.39 Å². The Bertz CT molecular complexity index is 850. The molecule has 2 heterocycles. The molecule has 1 aromatic carbocycles. The first-order valence-corrected chi connectivity index (χ1v) is 11.5. The van der Waals surface area contributed by atoms with E-state index in [2.05, 4.69) is 20.9 Å². The van der Waals surface area contributed by atoms with Crippen LogP contribution in [0.5, 0.6) is 0 Å². The molecule has 1 saturated heterocycles. The first-order chi connectivity index (χ1) is 15.7. The molecule has 0 bridgehead atoms. The lowest BCUT2D eigenvalue weighted by atomic mass is 10.1. The zero-order chi connectivity index (χ0) is 22.6. The quantitative estimate of drug-likeness (QED) is 0.299. The van der Waals surface area contributed by atoms with Gasteiger partial charge in [0.15, 0.2) is 5.96 Å². The summed E-state index contributed by atoms with van der Waals surface area (Å²) in [5, 5.41) is 9.38. The van der Waals surface area contributed by atoms with Crippen LogP contribution in [0.15, 0.2) is 52.1 Å². The maximum absolute atomic E-state index is 13.3. The number of nitrogens with zero attached hydrogens (tertiary/aromatic N) is 2. The summed E-state index contributed by atoms with van der Waals surface area (Å²) in [5.41, 5.74) is 0.659. The first-order valence-electron chi connectivity index (χ1n) is 11.5. The van der Waals surface area contributed by atoms with Crippen LogP contribution in [-0.4, -0.2) is 56.0 Å². The fraction of sp³-hybridized carbons (Fsp3) is 0.500. The summed E-state index contributed by atoms with van der Waals surface area (Å²) < 4.78 is 19.0. The predicted molar refractivity (Wildman–Crippen MR) is 124 cm³/mol. The molecule has 1 amide bonds. The molecule has 0 aliphatic carbocycles. The smallest absolute Gasteiger partial charge is 0.224 e. The molecule has 1 aliphatic heterocycles. The highest BCUT2D eigenvalue weighted by Gasteiger charge is 2.24. The Balaban J connectivity index is 1.48. The molecule has 3 N–H and O–H groups in total. The van der Waals surface area contributed by atoms with Gasteiger partial charge in [-0.2, -0.15) is 0 Å². The van der Waals surface area contributed by atoms with Crippen molar-refractivity contribution in [3.05, 3.63) is 59.8 Å². The van der Waals surface area contributed by atoms with Gasteiger partial charge in [-0.15, -0.1) is 0 Å². The van der Waals surface area contributed by atoms with Crippen molar-refractivity contribution >= 4 is 11.9 Å². The lowest BCUT2D eigenvalue weighted by Gasteiger charge is -2.32. The Morgan fingerprint density at radius 1 is 1.12 bits per heavy atom. The van der Waals surface area contributed by atoms with Gasteiger partial charge in [0.1, 0.15) is 11.6 Å². The topological polar surface area (TPSA) is 81.9 Å². The van der Waals surface area contributed by atoms with Gasteiger partial charge in [-0.05, 0) is 62.7 Å². The highest BCUT2D eigenvalue weighted by molar-refractivity contribution is 5.80. The molecule has 1 fully saturated rings. The molecule has 1 aromatic heterocycles. The van der Waals surface area contributed by atoms with E-state index in [1.165, 1.54) is 31.4 Å². The number of hydrogen-bond donors (Lipinski definition) is 3. The Kier molecular flexibility index (Phi) is 9.56. The van der Waals surface area contributed by atoms with Gasteiger partial charge in [0.05, 0.1) is 25.3 Å². The molecule has 0 saturated carbocycles. The van der Waals surface area contributed by atoms with Crippen molar-refractivity contribution in [3.63, 3.8) is 0 Å². The second-order valence-electron chi connectivity index (χ2n) is 7.93. The number of benzene rings is 1. The summed E-state index contributed by atoms with van der Waals surface area (Å²) in [7, 11) is 0. The lowest BCUT2D eigenvalue weighted by Crippen LogP contribution is -2.42. The number of likely N-dealkylation sites (tertiary alicyclic amines) is 1. The molecule has 1 unspecified atom stereocenters. The van der Waals surface area contributed by atoms with E-state index in [1.54, 1.807) is 18.4 Å². The van der Waals surface area contributed by atoms with Crippen LogP contribution >= 0.6 is 0 Å². The monoisotopic (exact) mass is 443 g/mol. The van der Waals surface area contributed by atoms with Crippen molar-refractivity contribution in [1.82, 2.24) is 20.9 Å². The van der Waals surface area contributed by atoms with E-state index < -0.39 is 0 Å². The number of carbonyl (C=O) groups is 1. The summed E-state index contributed by atoms with van der Waals surface area (Å²) in [5.74, 6) is 1.18. The van der Waals surface area contributed by atoms with Crippen molar-refractivity contribution in [2.75, 3.05) is 39.3 Å². The number of guanidine groups is 1. The van der Waals surface area contributed by atoms with Crippen molar-refractivity contribution in [2.45, 2.75) is 38.6 Å². The van der Waals surface area contributed by atoms with Gasteiger partial charge >= 0.3 is 0 Å². The second kappa shape index (κ2) is 12.9. The van der Waals surface area contributed by atoms with Crippen molar-refractivity contribution in [3.8, 4) is 0 Å². The fourth-order valence-corrected chi connectivity index (χ4v) is 3.89. The minimum absolute atomic E-state index is 0.117. The fourth-order valence-electron chi connectivity index (χ4n) is 3.89. The molecule has 3 rings (SSSR count). The van der Waals surface area contributed by atoms with Crippen LogP contribution in [0.25, 0.3) is 0 Å². The minimum Gasteiger partial charge on any atom is -0.468 e. The number of aliphatic imine (C=N–C) groups is 1. The average Bonchev–Trinajstić information content (AvgIpc) is 3.32. The molecule has 7 nitrogen and oxygen atoms in total. The summed E-state index contributed by atoms with van der Waals surface area (Å²) in [6, 6.07) is 10.2. The highest BCUT2D eigenvalue weighted by atomic mass is 19.1. The zero-order valence-corrected chi connectivity index (χ0v) is 18.8. The first kappa shape index (κ1) is 23.8. The van der Waals surface area contributed by atoms with Crippen LogP contribution < -0.4 is 16.0 Å². The largest absolute Gasteiger partial charge is 0.468 e. The molecular weight excluding hydrogens is 409 g/mol. The van der Waals surface area contributed by atoms with E-state index in [-0.39, 0.29) is 24.2 Å². The van der Waals surface area contributed by atoms with Crippen LogP contribution in [0.1, 0.15) is 43.6 Å². The number of hydrogen-bond acceptors (Lipinski definition) is 4. The third-order valence-electron chi connectivity index (χ3n) is 5.46. The third kappa shape index (κ3) is 7.67. The molecule has 8 heteroatoms. The number of amides is 1. The number of piperidine rings is 1. The maximum Gasteiger partial charge on any atom is 0.224 e. The molecule has 2 aromatic rings. The number of carbonyl (C=O) groups excluding carboxylic acids is 1. The second-order valence-corrected chi connectivity index (χ2v) is 7.93. The molecule has 32 heavy (non-hydrogen) atoms. The van der Waals surface area contributed by atoms with Crippen LogP contribution in [0.3, 0.4) is 0 Å². The SMILES string of the molecule is CCNC(=NCC(c1ccco1)N1CCCCC1)NCCNC(=O)Cc1cccc(F)c1. The molecule has 1 aliphatic rings. The van der Waals surface area contributed by atoms with Crippen molar-refractivity contribution < 1.29 is 13.6 Å². The summed E-state index contributed by atoms with van der Waals surface area (Å²) in [4.78, 5) is 19.3. The molecule has 1 atom stereocenters. The van der Waals surface area contributed by atoms with Gasteiger partial charge in [0.25, 0.3) is 0 Å². The van der Waals surface area contributed by atoms with Crippen molar-refractivity contribution in [2.24, 2.45) is 4.99 Å². The molecule has 174 valence electrons. The zero-order valence-electron chi connectivity index (χ0n) is 18.8. The standard InChI is InChI=1S/C24H34FN5O2/c1-2-26-24(28-12-11-27-23(31)17-19-8-6-9-20(25)16-19)29-18-21(22-10-7-15-32-22)30-13-4-3-5-14-30/h6-10,15-16,21H,2-5,11-14,17-18H2,1H3,(H,27,31)(H2,26,28,29). The van der Waals surface area contributed by atoms with E-state index in [1.807, 2.05) is 19.1 Å². The van der Waals surface area contributed by atoms with Gasteiger partial charge < -0.3 is 20.4 Å². The van der Waals surface area contributed by atoms with Gasteiger partial charge in [-0.1, -0.05) is 18.6 Å².